The van der Waals surface area contributed by atoms with Crippen LogP contribution in [0.4, 0.5) is 0 Å². The Hall–Kier alpha value is -1.12. The van der Waals surface area contributed by atoms with E-state index in [1.807, 2.05) is 25.1 Å². The molecular formula is C18H21Br2NO2. The van der Waals surface area contributed by atoms with Crippen LogP contribution in [0, 0.1) is 16.7 Å². The number of allylic oxidation sites excluding steroid dienone is 1. The van der Waals surface area contributed by atoms with E-state index < -0.39 is 22.9 Å². The summed E-state index contributed by atoms with van der Waals surface area (Å²) >= 11 is 6.89. The standard InChI is InChI=1S/C18H21Br2NO2/c1-6-15(12-8-13(19)10-14(20)9-12)18(7-2,11-21)16(22)23-17(3,4)5/h6,8-10,15H,1,7H2,2-5H3/t15-,18+/m0/s1. The molecule has 0 aromatic heterocycles. The van der Waals surface area contributed by atoms with Crippen molar-refractivity contribution in [3.8, 4) is 6.07 Å². The van der Waals surface area contributed by atoms with Gasteiger partial charge in [-0.1, -0.05) is 44.9 Å². The molecule has 2 atom stereocenters. The molecule has 1 aromatic rings. The van der Waals surface area contributed by atoms with E-state index in [1.54, 1.807) is 26.8 Å². The predicted molar refractivity (Wildman–Crippen MR) is 99.0 cm³/mol. The lowest BCUT2D eigenvalue weighted by molar-refractivity contribution is -0.165. The molecule has 5 heteroatoms. The van der Waals surface area contributed by atoms with Crippen LogP contribution < -0.4 is 0 Å². The number of nitriles is 1. The fraction of sp³-hybridized carbons (Fsp3) is 0.444. The van der Waals surface area contributed by atoms with Gasteiger partial charge in [-0.05, 0) is 51.0 Å². The summed E-state index contributed by atoms with van der Waals surface area (Å²) in [7, 11) is 0. The van der Waals surface area contributed by atoms with Crippen molar-refractivity contribution in [3.63, 3.8) is 0 Å². The average Bonchev–Trinajstić information content (AvgIpc) is 2.41. The monoisotopic (exact) mass is 441 g/mol. The normalized spacial score (nSPS) is 15.2. The summed E-state index contributed by atoms with van der Waals surface area (Å²) in [4.78, 5) is 12.8. The lowest BCUT2D eigenvalue weighted by Crippen LogP contribution is -2.40. The zero-order chi connectivity index (χ0) is 17.8. The van der Waals surface area contributed by atoms with E-state index in [9.17, 15) is 10.1 Å². The zero-order valence-electron chi connectivity index (χ0n) is 13.8. The molecule has 0 saturated heterocycles. The molecule has 1 rings (SSSR count). The number of hydrogen-bond donors (Lipinski definition) is 0. The molecule has 3 nitrogen and oxygen atoms in total. The minimum Gasteiger partial charge on any atom is -0.459 e. The van der Waals surface area contributed by atoms with Crippen LogP contribution >= 0.6 is 31.9 Å². The second kappa shape index (κ2) is 7.63. The van der Waals surface area contributed by atoms with E-state index >= 15 is 0 Å². The number of hydrogen-bond acceptors (Lipinski definition) is 3. The van der Waals surface area contributed by atoms with Gasteiger partial charge in [-0.2, -0.15) is 5.26 Å². The highest BCUT2D eigenvalue weighted by atomic mass is 79.9. The molecule has 1 aromatic carbocycles. The molecule has 124 valence electrons. The Morgan fingerprint density at radius 1 is 1.35 bits per heavy atom. The number of ether oxygens (including phenoxy) is 1. The largest absolute Gasteiger partial charge is 0.459 e. The number of carbonyl (C=O) groups excluding carboxylic acids is 1. The van der Waals surface area contributed by atoms with Gasteiger partial charge in [-0.15, -0.1) is 6.58 Å². The Labute approximate surface area is 155 Å². The maximum Gasteiger partial charge on any atom is 0.327 e. The van der Waals surface area contributed by atoms with Crippen LogP contribution in [-0.4, -0.2) is 11.6 Å². The fourth-order valence-corrected chi connectivity index (χ4v) is 3.76. The summed E-state index contributed by atoms with van der Waals surface area (Å²) in [5.41, 5.74) is -1.14. The van der Waals surface area contributed by atoms with Crippen LogP contribution in [0.1, 0.15) is 45.6 Å². The molecule has 0 spiro atoms. The Bertz CT molecular complexity index is 623. The van der Waals surface area contributed by atoms with Gasteiger partial charge in [0, 0.05) is 14.9 Å². The summed E-state index contributed by atoms with van der Waals surface area (Å²) in [6.07, 6.45) is 1.98. The maximum absolute atomic E-state index is 12.8. The first-order chi connectivity index (χ1) is 10.6. The molecular weight excluding hydrogens is 422 g/mol. The van der Waals surface area contributed by atoms with E-state index in [1.165, 1.54) is 0 Å². The first-order valence-electron chi connectivity index (χ1n) is 7.33. The van der Waals surface area contributed by atoms with Crippen molar-refractivity contribution in [1.29, 1.82) is 5.26 Å². The molecule has 0 unspecified atom stereocenters. The van der Waals surface area contributed by atoms with Crippen molar-refractivity contribution in [2.45, 2.75) is 45.6 Å². The summed E-state index contributed by atoms with van der Waals surface area (Å²) < 4.78 is 7.24. The number of rotatable bonds is 5. The van der Waals surface area contributed by atoms with Crippen molar-refractivity contribution in [2.75, 3.05) is 0 Å². The molecule has 23 heavy (non-hydrogen) atoms. The number of nitrogens with zero attached hydrogens (tertiary/aromatic N) is 1. The molecule has 0 fully saturated rings. The predicted octanol–water partition coefficient (Wildman–Crippen LogP) is 5.74. The van der Waals surface area contributed by atoms with Crippen LogP contribution in [0.2, 0.25) is 0 Å². The Balaban J connectivity index is 3.43. The molecule has 0 aliphatic heterocycles. The summed E-state index contributed by atoms with van der Waals surface area (Å²) in [5.74, 6) is -0.989. The van der Waals surface area contributed by atoms with Gasteiger partial charge in [-0.25, -0.2) is 0 Å². The molecule has 0 aliphatic carbocycles. The summed E-state index contributed by atoms with van der Waals surface area (Å²) in [6, 6.07) is 7.88. The highest BCUT2D eigenvalue weighted by Gasteiger charge is 2.47. The lowest BCUT2D eigenvalue weighted by atomic mass is 9.71. The minimum absolute atomic E-state index is 0.333. The molecule has 0 N–H and O–H groups in total. The van der Waals surface area contributed by atoms with Crippen molar-refractivity contribution in [2.24, 2.45) is 5.41 Å². The van der Waals surface area contributed by atoms with E-state index in [-0.39, 0.29) is 0 Å². The van der Waals surface area contributed by atoms with Crippen LogP contribution in [0.25, 0.3) is 0 Å². The molecule has 0 heterocycles. The smallest absolute Gasteiger partial charge is 0.327 e. The third-order valence-electron chi connectivity index (χ3n) is 3.53. The van der Waals surface area contributed by atoms with Crippen molar-refractivity contribution < 1.29 is 9.53 Å². The lowest BCUT2D eigenvalue weighted by Gasteiger charge is -2.33. The van der Waals surface area contributed by atoms with Gasteiger partial charge in [0.1, 0.15) is 5.60 Å². The van der Waals surface area contributed by atoms with Gasteiger partial charge in [-0.3, -0.25) is 4.79 Å². The highest BCUT2D eigenvalue weighted by Crippen LogP contribution is 2.43. The van der Waals surface area contributed by atoms with E-state index in [0.29, 0.717) is 6.42 Å². The Morgan fingerprint density at radius 2 is 1.87 bits per heavy atom. The molecule has 0 bridgehead atoms. The van der Waals surface area contributed by atoms with E-state index in [4.69, 9.17) is 4.74 Å². The second-order valence-corrected chi connectivity index (χ2v) is 8.19. The van der Waals surface area contributed by atoms with Crippen molar-refractivity contribution >= 4 is 37.8 Å². The summed E-state index contributed by atoms with van der Waals surface area (Å²) in [5, 5.41) is 9.82. The second-order valence-electron chi connectivity index (χ2n) is 6.35. The van der Waals surface area contributed by atoms with Gasteiger partial charge in [0.05, 0.1) is 6.07 Å². The van der Waals surface area contributed by atoms with Crippen molar-refractivity contribution in [3.05, 3.63) is 45.4 Å². The van der Waals surface area contributed by atoms with Gasteiger partial charge < -0.3 is 4.74 Å². The highest BCUT2D eigenvalue weighted by molar-refractivity contribution is 9.11. The number of carbonyl (C=O) groups is 1. The topological polar surface area (TPSA) is 50.1 Å². The quantitative estimate of drug-likeness (QED) is 0.431. The first kappa shape index (κ1) is 19.9. The van der Waals surface area contributed by atoms with Crippen LogP contribution in [-0.2, 0) is 9.53 Å². The number of halogens is 2. The van der Waals surface area contributed by atoms with Crippen LogP contribution in [0.5, 0.6) is 0 Å². The number of benzene rings is 1. The molecule has 0 amide bonds. The third kappa shape index (κ3) is 4.68. The summed E-state index contributed by atoms with van der Waals surface area (Å²) in [6.45, 7) is 11.0. The minimum atomic E-state index is -1.31. The van der Waals surface area contributed by atoms with Gasteiger partial charge in [0.25, 0.3) is 0 Å². The van der Waals surface area contributed by atoms with Crippen LogP contribution in [0.3, 0.4) is 0 Å². The van der Waals surface area contributed by atoms with Gasteiger partial charge in [0.15, 0.2) is 5.41 Å². The SMILES string of the molecule is C=C[C@@H](c1cc(Br)cc(Br)c1)[C@](C#N)(CC)C(=O)OC(C)(C)C. The molecule has 0 saturated carbocycles. The zero-order valence-corrected chi connectivity index (χ0v) is 17.0. The average molecular weight is 443 g/mol. The third-order valence-corrected chi connectivity index (χ3v) is 4.45. The first-order valence-corrected chi connectivity index (χ1v) is 8.91. The molecule has 0 radical (unpaired) electrons. The Kier molecular flexibility index (Phi) is 6.61. The Morgan fingerprint density at radius 3 is 2.22 bits per heavy atom. The molecule has 0 aliphatic rings. The van der Waals surface area contributed by atoms with Crippen LogP contribution in [0.15, 0.2) is 39.8 Å². The van der Waals surface area contributed by atoms with E-state index in [2.05, 4.69) is 44.5 Å². The maximum atomic E-state index is 12.8. The van der Waals surface area contributed by atoms with Crippen molar-refractivity contribution in [1.82, 2.24) is 0 Å². The van der Waals surface area contributed by atoms with E-state index in [0.717, 1.165) is 14.5 Å². The van der Waals surface area contributed by atoms with Gasteiger partial charge >= 0.3 is 5.97 Å². The van der Waals surface area contributed by atoms with Gasteiger partial charge in [0.2, 0.25) is 0 Å². The number of esters is 1. The fourth-order valence-electron chi connectivity index (χ4n) is 2.43.